The summed E-state index contributed by atoms with van der Waals surface area (Å²) >= 11 is 0. The van der Waals surface area contributed by atoms with E-state index in [0.29, 0.717) is 30.1 Å². The number of carbonyl (C=O) groups is 1. The number of hydrogen-bond donors (Lipinski definition) is 0. The lowest BCUT2D eigenvalue weighted by Crippen LogP contribution is -2.40. The van der Waals surface area contributed by atoms with Gasteiger partial charge in [0.25, 0.3) is 0 Å². The zero-order chi connectivity index (χ0) is 14.3. The van der Waals surface area contributed by atoms with Crippen molar-refractivity contribution in [3.05, 3.63) is 24.0 Å². The molecular weight excluding hydrogens is 280 g/mol. The van der Waals surface area contributed by atoms with Crippen LogP contribution in [-0.4, -0.2) is 53.4 Å². The number of nitrogens with zero attached hydrogens (tertiary/aromatic N) is 4. The largest absolute Gasteiger partial charge is 0.354 e. The summed E-state index contributed by atoms with van der Waals surface area (Å²) in [5.74, 6) is 0.860. The zero-order valence-corrected chi connectivity index (χ0v) is 11.8. The summed E-state index contributed by atoms with van der Waals surface area (Å²) in [6, 6.07) is 1.78. The van der Waals surface area contributed by atoms with Crippen LogP contribution in [-0.2, 0) is 9.84 Å². The van der Waals surface area contributed by atoms with E-state index < -0.39 is 9.84 Å². The zero-order valence-electron chi connectivity index (χ0n) is 11.0. The van der Waals surface area contributed by atoms with Gasteiger partial charge >= 0.3 is 0 Å². The highest BCUT2D eigenvalue weighted by Gasteiger charge is 2.23. The second kappa shape index (κ2) is 4.55. The molecule has 0 radical (unpaired) electrons. The second-order valence-electron chi connectivity index (χ2n) is 4.81. The number of fused-ring (bicyclic) bond motifs is 1. The minimum atomic E-state index is -2.92. The minimum Gasteiger partial charge on any atom is -0.354 e. The highest BCUT2D eigenvalue weighted by atomic mass is 32.2. The summed E-state index contributed by atoms with van der Waals surface area (Å²) in [5, 5.41) is 4.07. The van der Waals surface area contributed by atoms with Gasteiger partial charge in [0.1, 0.15) is 5.82 Å². The SMILES string of the molecule is CC(=O)c1cnn2ccc(N3CCS(=O)(=O)CC3)nc12. The predicted molar refractivity (Wildman–Crippen MR) is 73.9 cm³/mol. The molecule has 0 spiro atoms. The van der Waals surface area contributed by atoms with Gasteiger partial charge in [-0.3, -0.25) is 4.79 Å². The molecule has 0 aromatic carbocycles. The van der Waals surface area contributed by atoms with Crippen LogP contribution in [0.2, 0.25) is 0 Å². The molecule has 2 aromatic rings. The molecule has 7 nitrogen and oxygen atoms in total. The summed E-state index contributed by atoms with van der Waals surface area (Å²) in [7, 11) is -2.92. The normalized spacial score (nSPS) is 18.4. The van der Waals surface area contributed by atoms with Crippen molar-refractivity contribution in [1.29, 1.82) is 0 Å². The first-order chi connectivity index (χ1) is 9.46. The molecule has 1 aliphatic heterocycles. The van der Waals surface area contributed by atoms with Crippen LogP contribution >= 0.6 is 0 Å². The maximum absolute atomic E-state index is 11.5. The standard InChI is InChI=1S/C12H14N4O3S/c1-9(17)10-8-13-16-3-2-11(14-12(10)16)15-4-6-20(18,19)7-5-15/h2-3,8H,4-7H2,1H3. The average Bonchev–Trinajstić information content (AvgIpc) is 2.81. The Hall–Kier alpha value is -1.96. The van der Waals surface area contributed by atoms with E-state index in [9.17, 15) is 13.2 Å². The lowest BCUT2D eigenvalue weighted by Gasteiger charge is -2.27. The van der Waals surface area contributed by atoms with Gasteiger partial charge in [-0.1, -0.05) is 0 Å². The van der Waals surface area contributed by atoms with Crippen molar-refractivity contribution in [1.82, 2.24) is 14.6 Å². The van der Waals surface area contributed by atoms with Crippen LogP contribution in [0, 0.1) is 0 Å². The predicted octanol–water partition coefficient (Wildman–Crippen LogP) is 0.167. The van der Waals surface area contributed by atoms with Gasteiger partial charge in [0.2, 0.25) is 0 Å². The average molecular weight is 294 g/mol. The highest BCUT2D eigenvalue weighted by molar-refractivity contribution is 7.91. The fourth-order valence-electron chi connectivity index (χ4n) is 2.23. The Labute approximate surface area is 116 Å². The summed E-state index contributed by atoms with van der Waals surface area (Å²) < 4.78 is 24.4. The maximum Gasteiger partial charge on any atom is 0.168 e. The summed E-state index contributed by atoms with van der Waals surface area (Å²) in [6.45, 7) is 2.32. The van der Waals surface area contributed by atoms with Crippen LogP contribution in [0.4, 0.5) is 5.82 Å². The molecule has 0 atom stereocenters. The number of carbonyl (C=O) groups excluding carboxylic acids is 1. The van der Waals surface area contributed by atoms with Crippen LogP contribution in [0.15, 0.2) is 18.5 Å². The first kappa shape index (κ1) is 13.0. The van der Waals surface area contributed by atoms with Crippen LogP contribution in [0.3, 0.4) is 0 Å². The summed E-state index contributed by atoms with van der Waals surface area (Å²) in [4.78, 5) is 17.9. The van der Waals surface area contributed by atoms with Crippen LogP contribution < -0.4 is 4.90 Å². The van der Waals surface area contributed by atoms with Crippen LogP contribution in [0.25, 0.3) is 5.65 Å². The van der Waals surface area contributed by atoms with E-state index in [1.165, 1.54) is 13.1 Å². The van der Waals surface area contributed by atoms with Crippen LogP contribution in [0.5, 0.6) is 0 Å². The van der Waals surface area contributed by atoms with E-state index in [4.69, 9.17) is 0 Å². The minimum absolute atomic E-state index is 0.0918. The van der Waals surface area contributed by atoms with Gasteiger partial charge in [0, 0.05) is 19.3 Å². The summed E-state index contributed by atoms with van der Waals surface area (Å²) in [5.41, 5.74) is 0.972. The first-order valence-corrected chi connectivity index (χ1v) is 8.09. The molecular formula is C12H14N4O3S. The van der Waals surface area contributed by atoms with Crippen LogP contribution in [0.1, 0.15) is 17.3 Å². The number of anilines is 1. The van der Waals surface area contributed by atoms with Gasteiger partial charge in [0.15, 0.2) is 21.3 Å². The molecule has 0 bridgehead atoms. The Morgan fingerprint density at radius 3 is 2.65 bits per heavy atom. The fraction of sp³-hybridized carbons (Fsp3) is 0.417. The maximum atomic E-state index is 11.5. The van der Waals surface area contributed by atoms with E-state index in [1.54, 1.807) is 16.8 Å². The van der Waals surface area contributed by atoms with Gasteiger partial charge in [0.05, 0.1) is 23.3 Å². The third kappa shape index (κ3) is 2.26. The molecule has 8 heteroatoms. The fourth-order valence-corrected chi connectivity index (χ4v) is 3.43. The third-order valence-corrected chi connectivity index (χ3v) is 5.01. The monoisotopic (exact) mass is 294 g/mol. The Morgan fingerprint density at radius 2 is 2.00 bits per heavy atom. The van der Waals surface area contributed by atoms with E-state index in [-0.39, 0.29) is 17.3 Å². The lowest BCUT2D eigenvalue weighted by atomic mass is 10.2. The number of ketones is 1. The molecule has 3 heterocycles. The third-order valence-electron chi connectivity index (χ3n) is 3.40. The van der Waals surface area contributed by atoms with Crippen molar-refractivity contribution in [2.75, 3.05) is 29.5 Å². The number of hydrogen-bond acceptors (Lipinski definition) is 6. The molecule has 0 amide bonds. The Morgan fingerprint density at radius 1 is 1.30 bits per heavy atom. The van der Waals surface area contributed by atoms with E-state index in [2.05, 4.69) is 10.1 Å². The number of sulfone groups is 1. The molecule has 3 rings (SSSR count). The summed E-state index contributed by atoms with van der Waals surface area (Å²) in [6.07, 6.45) is 3.22. The van der Waals surface area contributed by atoms with Crippen molar-refractivity contribution in [2.24, 2.45) is 0 Å². The molecule has 0 unspecified atom stereocenters. The second-order valence-corrected chi connectivity index (χ2v) is 7.11. The van der Waals surface area contributed by atoms with Gasteiger partial charge in [-0.2, -0.15) is 5.10 Å². The smallest absolute Gasteiger partial charge is 0.168 e. The quantitative estimate of drug-likeness (QED) is 0.734. The number of aromatic nitrogens is 3. The molecule has 1 fully saturated rings. The van der Waals surface area contributed by atoms with Crippen molar-refractivity contribution in [3.63, 3.8) is 0 Å². The van der Waals surface area contributed by atoms with Gasteiger partial charge in [-0.25, -0.2) is 17.9 Å². The van der Waals surface area contributed by atoms with E-state index in [0.717, 1.165) is 0 Å². The van der Waals surface area contributed by atoms with E-state index >= 15 is 0 Å². The van der Waals surface area contributed by atoms with E-state index in [1.807, 2.05) is 4.90 Å². The number of Topliss-reactive ketones (excluding diaryl/α,β-unsaturated/α-hetero) is 1. The van der Waals surface area contributed by atoms with Crippen molar-refractivity contribution < 1.29 is 13.2 Å². The van der Waals surface area contributed by atoms with Crippen molar-refractivity contribution in [3.8, 4) is 0 Å². The molecule has 1 saturated heterocycles. The van der Waals surface area contributed by atoms with Gasteiger partial charge in [-0.15, -0.1) is 0 Å². The van der Waals surface area contributed by atoms with Gasteiger partial charge in [-0.05, 0) is 13.0 Å². The molecule has 0 N–H and O–H groups in total. The Bertz CT molecular complexity index is 767. The lowest BCUT2D eigenvalue weighted by molar-refractivity contribution is 0.101. The molecule has 106 valence electrons. The Kier molecular flexibility index (Phi) is 2.97. The first-order valence-electron chi connectivity index (χ1n) is 6.27. The molecule has 20 heavy (non-hydrogen) atoms. The topological polar surface area (TPSA) is 84.6 Å². The van der Waals surface area contributed by atoms with Crippen molar-refractivity contribution >= 4 is 27.1 Å². The number of rotatable bonds is 2. The molecule has 0 aliphatic carbocycles. The highest BCUT2D eigenvalue weighted by Crippen LogP contribution is 2.17. The molecule has 0 saturated carbocycles. The Balaban J connectivity index is 1.97. The van der Waals surface area contributed by atoms with Crippen molar-refractivity contribution in [2.45, 2.75) is 6.92 Å². The molecule has 1 aliphatic rings. The van der Waals surface area contributed by atoms with Gasteiger partial charge < -0.3 is 4.90 Å². The molecule has 2 aromatic heterocycles.